The van der Waals surface area contributed by atoms with Crippen LogP contribution in [0.15, 0.2) is 47.1 Å². The lowest BCUT2D eigenvalue weighted by atomic mass is 10.1. The van der Waals surface area contributed by atoms with Crippen molar-refractivity contribution in [3.63, 3.8) is 0 Å². The van der Waals surface area contributed by atoms with Crippen LogP contribution < -0.4 is 10.1 Å². The van der Waals surface area contributed by atoms with Crippen LogP contribution in [0.5, 0.6) is 5.75 Å². The predicted octanol–water partition coefficient (Wildman–Crippen LogP) is 1.73. The first kappa shape index (κ1) is 19.5. The minimum atomic E-state index is -0.457. The summed E-state index contributed by atoms with van der Waals surface area (Å²) in [6.45, 7) is 0.577. The molecular weight excluding hydrogens is 362 g/mol. The molecule has 3 rings (SSSR count). The highest BCUT2D eigenvalue weighted by atomic mass is 16.5. The molecule has 1 fully saturated rings. The third-order valence-electron chi connectivity index (χ3n) is 4.62. The number of likely N-dealkylation sites (N-methyl/N-ethyl adjacent to an activating group) is 1. The Hall–Kier alpha value is -3.29. The molecule has 28 heavy (non-hydrogen) atoms. The molecule has 0 radical (unpaired) electrons. The highest BCUT2D eigenvalue weighted by Gasteiger charge is 2.36. The fraction of sp³-hybridized carbons (Fsp3) is 0.350. The third-order valence-corrected chi connectivity index (χ3v) is 4.62. The number of furan rings is 1. The molecule has 2 aromatic rings. The summed E-state index contributed by atoms with van der Waals surface area (Å²) >= 11 is 0. The van der Waals surface area contributed by atoms with Crippen LogP contribution in [0, 0.1) is 5.92 Å². The number of likely N-dealkylation sites (tertiary alicyclic amines) is 1. The van der Waals surface area contributed by atoms with E-state index in [1.54, 1.807) is 61.7 Å². The van der Waals surface area contributed by atoms with Gasteiger partial charge in [-0.1, -0.05) is 0 Å². The number of amides is 3. The van der Waals surface area contributed by atoms with Gasteiger partial charge in [0, 0.05) is 25.7 Å². The van der Waals surface area contributed by atoms with E-state index in [4.69, 9.17) is 9.15 Å². The number of anilines is 1. The molecule has 0 spiro atoms. The summed E-state index contributed by atoms with van der Waals surface area (Å²) in [6, 6.07) is 10.5. The molecule has 2 heterocycles. The molecule has 1 N–H and O–H groups in total. The Balaban J connectivity index is 1.50. The SMILES string of the molecule is COc1ccc(NC(=O)CN(C)C(=O)[C@@H]2CC(=O)N(Cc3ccco3)C2)cc1. The van der Waals surface area contributed by atoms with E-state index in [0.29, 0.717) is 30.3 Å². The summed E-state index contributed by atoms with van der Waals surface area (Å²) in [5.74, 6) is 0.286. The summed E-state index contributed by atoms with van der Waals surface area (Å²) in [7, 11) is 3.13. The van der Waals surface area contributed by atoms with Crippen LogP contribution in [0.1, 0.15) is 12.2 Å². The molecule has 1 aromatic heterocycles. The Kier molecular flexibility index (Phi) is 5.98. The zero-order chi connectivity index (χ0) is 20.1. The number of rotatable bonds is 7. The normalized spacial score (nSPS) is 16.1. The quantitative estimate of drug-likeness (QED) is 0.784. The minimum absolute atomic E-state index is 0.0895. The largest absolute Gasteiger partial charge is 0.497 e. The number of carbonyl (C=O) groups excluding carboxylic acids is 3. The van der Waals surface area contributed by atoms with Crippen molar-refractivity contribution in [2.45, 2.75) is 13.0 Å². The Bertz CT molecular complexity index is 832. The van der Waals surface area contributed by atoms with Crippen LogP contribution in [-0.4, -0.2) is 54.8 Å². The van der Waals surface area contributed by atoms with Gasteiger partial charge in [0.1, 0.15) is 11.5 Å². The lowest BCUT2D eigenvalue weighted by Crippen LogP contribution is -2.39. The smallest absolute Gasteiger partial charge is 0.243 e. The number of carbonyl (C=O) groups is 3. The summed E-state index contributed by atoms with van der Waals surface area (Å²) in [4.78, 5) is 40.0. The third kappa shape index (κ3) is 4.70. The summed E-state index contributed by atoms with van der Waals surface area (Å²) < 4.78 is 10.3. The number of nitrogens with zero attached hydrogens (tertiary/aromatic N) is 2. The first-order chi connectivity index (χ1) is 13.5. The molecule has 0 aliphatic carbocycles. The lowest BCUT2D eigenvalue weighted by Gasteiger charge is -2.21. The van der Waals surface area contributed by atoms with Gasteiger partial charge >= 0.3 is 0 Å². The van der Waals surface area contributed by atoms with Gasteiger partial charge in [0.05, 0.1) is 32.4 Å². The van der Waals surface area contributed by atoms with Crippen LogP contribution in [-0.2, 0) is 20.9 Å². The second kappa shape index (κ2) is 8.60. The van der Waals surface area contributed by atoms with Gasteiger partial charge in [0.15, 0.2) is 0 Å². The van der Waals surface area contributed by atoms with Crippen molar-refractivity contribution in [2.24, 2.45) is 5.92 Å². The average molecular weight is 385 g/mol. The molecule has 0 bridgehead atoms. The molecular formula is C20H23N3O5. The molecule has 0 saturated carbocycles. The van der Waals surface area contributed by atoms with Gasteiger partial charge in [0.2, 0.25) is 17.7 Å². The number of hydrogen-bond acceptors (Lipinski definition) is 5. The average Bonchev–Trinajstić information content (AvgIpc) is 3.32. The second-order valence-electron chi connectivity index (χ2n) is 6.73. The summed E-state index contributed by atoms with van der Waals surface area (Å²) in [5, 5.41) is 2.74. The van der Waals surface area contributed by atoms with E-state index in [9.17, 15) is 14.4 Å². The Labute approximate surface area is 163 Å². The fourth-order valence-electron chi connectivity index (χ4n) is 3.16. The standard InChI is InChI=1S/C20H23N3O5/c1-22(13-18(24)21-15-5-7-16(27-2)8-6-15)20(26)14-10-19(25)23(11-14)12-17-4-3-9-28-17/h3-9,14H,10-13H2,1-2H3,(H,21,24)/t14-/m1/s1. The van der Waals surface area contributed by atoms with Crippen molar-refractivity contribution in [3.8, 4) is 5.75 Å². The van der Waals surface area contributed by atoms with Gasteiger partial charge in [-0.05, 0) is 36.4 Å². The van der Waals surface area contributed by atoms with Crippen molar-refractivity contribution in [3.05, 3.63) is 48.4 Å². The number of methoxy groups -OCH3 is 1. The molecule has 3 amide bonds. The molecule has 8 heteroatoms. The highest BCUT2D eigenvalue weighted by Crippen LogP contribution is 2.22. The van der Waals surface area contributed by atoms with Crippen LogP contribution >= 0.6 is 0 Å². The van der Waals surface area contributed by atoms with E-state index in [0.717, 1.165) is 0 Å². The predicted molar refractivity (Wildman–Crippen MR) is 101 cm³/mol. The van der Waals surface area contributed by atoms with Crippen LogP contribution in [0.25, 0.3) is 0 Å². The van der Waals surface area contributed by atoms with Crippen molar-refractivity contribution in [1.29, 1.82) is 0 Å². The second-order valence-corrected chi connectivity index (χ2v) is 6.73. The van der Waals surface area contributed by atoms with Gasteiger partial charge in [0.25, 0.3) is 0 Å². The topological polar surface area (TPSA) is 92.1 Å². The van der Waals surface area contributed by atoms with E-state index >= 15 is 0 Å². The first-order valence-corrected chi connectivity index (χ1v) is 8.95. The van der Waals surface area contributed by atoms with E-state index in [1.165, 1.54) is 4.90 Å². The zero-order valence-corrected chi connectivity index (χ0v) is 15.9. The molecule has 1 aliphatic rings. The molecule has 148 valence electrons. The summed E-state index contributed by atoms with van der Waals surface area (Å²) in [6.07, 6.45) is 1.69. The van der Waals surface area contributed by atoms with E-state index in [1.807, 2.05) is 0 Å². The molecule has 1 saturated heterocycles. The molecule has 1 atom stereocenters. The van der Waals surface area contributed by atoms with Gasteiger partial charge in [-0.25, -0.2) is 0 Å². The first-order valence-electron chi connectivity index (χ1n) is 8.95. The van der Waals surface area contributed by atoms with E-state index < -0.39 is 5.92 Å². The van der Waals surface area contributed by atoms with Crippen LogP contribution in [0.2, 0.25) is 0 Å². The van der Waals surface area contributed by atoms with E-state index in [-0.39, 0.29) is 30.7 Å². The number of hydrogen-bond donors (Lipinski definition) is 1. The maximum absolute atomic E-state index is 12.6. The fourth-order valence-corrected chi connectivity index (χ4v) is 3.16. The minimum Gasteiger partial charge on any atom is -0.497 e. The Morgan fingerprint density at radius 2 is 2.04 bits per heavy atom. The van der Waals surface area contributed by atoms with Gasteiger partial charge in [-0.15, -0.1) is 0 Å². The Morgan fingerprint density at radius 3 is 2.68 bits per heavy atom. The van der Waals surface area contributed by atoms with Crippen LogP contribution in [0.3, 0.4) is 0 Å². The van der Waals surface area contributed by atoms with Gasteiger partial charge in [-0.3, -0.25) is 14.4 Å². The van der Waals surface area contributed by atoms with Crippen molar-refractivity contribution < 1.29 is 23.5 Å². The molecule has 8 nitrogen and oxygen atoms in total. The van der Waals surface area contributed by atoms with Gasteiger partial charge < -0.3 is 24.3 Å². The highest BCUT2D eigenvalue weighted by molar-refractivity contribution is 5.96. The monoisotopic (exact) mass is 385 g/mol. The Morgan fingerprint density at radius 1 is 1.29 bits per heavy atom. The van der Waals surface area contributed by atoms with Crippen molar-refractivity contribution >= 4 is 23.4 Å². The van der Waals surface area contributed by atoms with Crippen LogP contribution in [0.4, 0.5) is 5.69 Å². The van der Waals surface area contributed by atoms with Crippen molar-refractivity contribution in [2.75, 3.05) is 32.6 Å². The zero-order valence-electron chi connectivity index (χ0n) is 15.9. The molecule has 1 aromatic carbocycles. The molecule has 0 unspecified atom stereocenters. The number of benzene rings is 1. The van der Waals surface area contributed by atoms with Gasteiger partial charge in [-0.2, -0.15) is 0 Å². The lowest BCUT2D eigenvalue weighted by molar-refractivity contribution is -0.137. The summed E-state index contributed by atoms with van der Waals surface area (Å²) in [5.41, 5.74) is 0.618. The number of ether oxygens (including phenoxy) is 1. The maximum atomic E-state index is 12.6. The molecule has 1 aliphatic heterocycles. The maximum Gasteiger partial charge on any atom is 0.243 e. The van der Waals surface area contributed by atoms with Crippen molar-refractivity contribution in [1.82, 2.24) is 9.80 Å². The number of nitrogens with one attached hydrogen (secondary N) is 1. The van der Waals surface area contributed by atoms with E-state index in [2.05, 4.69) is 5.32 Å².